The zero-order valence-electron chi connectivity index (χ0n) is 9.54. The number of hydrogen-bond acceptors (Lipinski definition) is 0. The lowest BCUT2D eigenvalue weighted by molar-refractivity contribution is -0.724. The lowest BCUT2D eigenvalue weighted by atomic mass is 9.95. The van der Waals surface area contributed by atoms with Gasteiger partial charge in [0, 0.05) is 17.5 Å². The molecule has 0 saturated heterocycles. The van der Waals surface area contributed by atoms with Crippen molar-refractivity contribution < 1.29 is 4.57 Å². The number of aromatic nitrogens is 1. The van der Waals surface area contributed by atoms with Crippen molar-refractivity contribution in [3.8, 4) is 0 Å². The van der Waals surface area contributed by atoms with Gasteiger partial charge in [0.15, 0.2) is 18.4 Å². The first kappa shape index (κ1) is 11.1. The Balaban J connectivity index is 2.27. The molecular formula is C13H19BrN+. The first-order valence-corrected chi connectivity index (χ1v) is 6.71. The van der Waals surface area contributed by atoms with Gasteiger partial charge >= 0.3 is 0 Å². The van der Waals surface area contributed by atoms with Gasteiger partial charge in [-0.2, -0.15) is 0 Å². The van der Waals surface area contributed by atoms with Crippen LogP contribution in [0.25, 0.3) is 0 Å². The van der Waals surface area contributed by atoms with Gasteiger partial charge in [0.1, 0.15) is 0 Å². The quantitative estimate of drug-likeness (QED) is 0.543. The maximum atomic E-state index is 3.82. The number of nitrogens with zero attached hydrogens (tertiary/aromatic N) is 1. The van der Waals surface area contributed by atoms with Crippen molar-refractivity contribution in [3.63, 3.8) is 0 Å². The highest BCUT2D eigenvalue weighted by Crippen LogP contribution is 2.30. The molecule has 1 aliphatic rings. The molecule has 82 valence electrons. The molecule has 0 amide bonds. The first-order valence-electron chi connectivity index (χ1n) is 5.80. The Kier molecular flexibility index (Phi) is 3.45. The molecule has 1 heterocycles. The molecule has 2 rings (SSSR count). The number of pyridine rings is 1. The molecule has 0 bridgehead atoms. The number of hydrogen-bond donors (Lipinski definition) is 0. The van der Waals surface area contributed by atoms with Gasteiger partial charge in [0.2, 0.25) is 0 Å². The summed E-state index contributed by atoms with van der Waals surface area (Å²) in [5, 5.41) is 0. The molecule has 1 nitrogen and oxygen atoms in total. The molecule has 0 N–H and O–H groups in total. The van der Waals surface area contributed by atoms with Crippen molar-refractivity contribution in [2.24, 2.45) is 0 Å². The van der Waals surface area contributed by atoms with Crippen LogP contribution >= 0.6 is 15.9 Å². The standard InChI is InChI=1S/C13H19BrN/c1-10-7-11(2)9-15(8-10)13-6-4-3-5-12(13)14/h7-9,12-13H,3-6H2,1-2H3/q+1/t12-,13-/m1/s1. The molecule has 1 aliphatic carbocycles. The second kappa shape index (κ2) is 4.65. The van der Waals surface area contributed by atoms with Gasteiger partial charge in [0.25, 0.3) is 0 Å². The predicted molar refractivity (Wildman–Crippen MR) is 66.3 cm³/mol. The zero-order valence-corrected chi connectivity index (χ0v) is 11.1. The van der Waals surface area contributed by atoms with Gasteiger partial charge in [-0.15, -0.1) is 0 Å². The largest absolute Gasteiger partial charge is 0.201 e. The third-order valence-electron chi connectivity index (χ3n) is 3.19. The van der Waals surface area contributed by atoms with Gasteiger partial charge in [0.05, 0.1) is 4.83 Å². The smallest absolute Gasteiger partial charge is 0.172 e. The van der Waals surface area contributed by atoms with Gasteiger partial charge in [-0.3, -0.25) is 0 Å². The van der Waals surface area contributed by atoms with E-state index in [1.54, 1.807) is 0 Å². The van der Waals surface area contributed by atoms with Crippen LogP contribution in [0.4, 0.5) is 0 Å². The molecule has 15 heavy (non-hydrogen) atoms. The lowest BCUT2D eigenvalue weighted by Gasteiger charge is -2.23. The summed E-state index contributed by atoms with van der Waals surface area (Å²) in [6, 6.07) is 2.89. The number of alkyl halides is 1. The number of halogens is 1. The average Bonchev–Trinajstić information content (AvgIpc) is 2.16. The summed E-state index contributed by atoms with van der Waals surface area (Å²) in [5.41, 5.74) is 2.72. The van der Waals surface area contributed by atoms with E-state index < -0.39 is 0 Å². The van der Waals surface area contributed by atoms with Crippen molar-refractivity contribution >= 4 is 15.9 Å². The zero-order chi connectivity index (χ0) is 10.8. The van der Waals surface area contributed by atoms with Crippen molar-refractivity contribution in [1.29, 1.82) is 0 Å². The monoisotopic (exact) mass is 268 g/mol. The summed E-state index contributed by atoms with van der Waals surface area (Å²) in [6.45, 7) is 4.35. The van der Waals surface area contributed by atoms with E-state index in [-0.39, 0.29) is 0 Å². The SMILES string of the molecule is Cc1cc(C)c[n+]([C@@H]2CCCC[C@H]2Br)c1. The van der Waals surface area contributed by atoms with E-state index in [2.05, 4.69) is 52.8 Å². The van der Waals surface area contributed by atoms with E-state index in [1.165, 1.54) is 36.8 Å². The summed E-state index contributed by atoms with van der Waals surface area (Å²) in [6.07, 6.45) is 9.91. The summed E-state index contributed by atoms with van der Waals surface area (Å²) < 4.78 is 2.41. The minimum atomic E-state index is 0.650. The Morgan fingerprint density at radius 2 is 1.73 bits per heavy atom. The van der Waals surface area contributed by atoms with Gasteiger partial charge in [-0.05, 0) is 32.8 Å². The third-order valence-corrected chi connectivity index (χ3v) is 4.26. The fraction of sp³-hybridized carbons (Fsp3) is 0.615. The van der Waals surface area contributed by atoms with Crippen molar-refractivity contribution in [1.82, 2.24) is 0 Å². The second-order valence-electron chi connectivity index (χ2n) is 4.71. The van der Waals surface area contributed by atoms with Gasteiger partial charge in [-0.25, -0.2) is 4.57 Å². The fourth-order valence-electron chi connectivity index (χ4n) is 2.53. The summed E-state index contributed by atoms with van der Waals surface area (Å²) in [4.78, 5) is 0.650. The average molecular weight is 269 g/mol. The van der Waals surface area contributed by atoms with Crippen LogP contribution in [-0.2, 0) is 0 Å². The molecule has 0 unspecified atom stereocenters. The van der Waals surface area contributed by atoms with Crippen LogP contribution in [0.1, 0.15) is 42.9 Å². The minimum Gasteiger partial charge on any atom is -0.201 e. The van der Waals surface area contributed by atoms with Crippen molar-refractivity contribution in [2.75, 3.05) is 0 Å². The van der Waals surface area contributed by atoms with Crippen LogP contribution in [0.2, 0.25) is 0 Å². The molecule has 0 aliphatic heterocycles. The minimum absolute atomic E-state index is 0.650. The van der Waals surface area contributed by atoms with Crippen LogP contribution in [0.5, 0.6) is 0 Å². The molecule has 2 heteroatoms. The Hall–Kier alpha value is -0.370. The summed E-state index contributed by atoms with van der Waals surface area (Å²) >= 11 is 3.82. The van der Waals surface area contributed by atoms with Gasteiger partial charge in [-0.1, -0.05) is 22.4 Å². The lowest BCUT2D eigenvalue weighted by Crippen LogP contribution is -2.45. The fourth-order valence-corrected chi connectivity index (χ4v) is 3.40. The highest BCUT2D eigenvalue weighted by Gasteiger charge is 2.30. The third kappa shape index (κ3) is 2.60. The molecule has 1 saturated carbocycles. The van der Waals surface area contributed by atoms with Crippen LogP contribution in [0, 0.1) is 13.8 Å². The summed E-state index contributed by atoms with van der Waals surface area (Å²) in [7, 11) is 0. The van der Waals surface area contributed by atoms with E-state index >= 15 is 0 Å². The molecule has 0 radical (unpaired) electrons. The molecule has 1 fully saturated rings. The highest BCUT2D eigenvalue weighted by molar-refractivity contribution is 9.09. The van der Waals surface area contributed by atoms with Crippen molar-refractivity contribution in [3.05, 3.63) is 29.6 Å². The second-order valence-corrected chi connectivity index (χ2v) is 5.88. The summed E-state index contributed by atoms with van der Waals surface area (Å²) in [5.74, 6) is 0. The van der Waals surface area contributed by atoms with Crippen LogP contribution in [0.15, 0.2) is 18.5 Å². The Labute approximate surface area is 101 Å². The molecule has 0 spiro atoms. The Morgan fingerprint density at radius 1 is 1.13 bits per heavy atom. The highest BCUT2D eigenvalue weighted by atomic mass is 79.9. The van der Waals surface area contributed by atoms with E-state index in [0.29, 0.717) is 10.9 Å². The predicted octanol–water partition coefficient (Wildman–Crippen LogP) is 3.47. The maximum absolute atomic E-state index is 3.82. The molecule has 1 aromatic rings. The molecule has 1 aromatic heterocycles. The maximum Gasteiger partial charge on any atom is 0.172 e. The normalized spacial score (nSPS) is 26.6. The van der Waals surface area contributed by atoms with E-state index in [1.807, 2.05) is 0 Å². The Bertz CT molecular complexity index is 328. The van der Waals surface area contributed by atoms with Crippen LogP contribution in [-0.4, -0.2) is 4.83 Å². The van der Waals surface area contributed by atoms with Gasteiger partial charge < -0.3 is 0 Å². The molecule has 0 aromatic carbocycles. The van der Waals surface area contributed by atoms with E-state index in [0.717, 1.165) is 0 Å². The molecule has 2 atom stereocenters. The van der Waals surface area contributed by atoms with E-state index in [4.69, 9.17) is 0 Å². The first-order chi connectivity index (χ1) is 7.16. The molecular weight excluding hydrogens is 250 g/mol. The van der Waals surface area contributed by atoms with Crippen molar-refractivity contribution in [2.45, 2.75) is 50.4 Å². The van der Waals surface area contributed by atoms with Crippen LogP contribution in [0.3, 0.4) is 0 Å². The van der Waals surface area contributed by atoms with E-state index in [9.17, 15) is 0 Å². The number of aryl methyl sites for hydroxylation is 2. The topological polar surface area (TPSA) is 3.88 Å². The van der Waals surface area contributed by atoms with Crippen LogP contribution < -0.4 is 4.57 Å². The number of rotatable bonds is 1. The Morgan fingerprint density at radius 3 is 2.33 bits per heavy atom.